The Morgan fingerprint density at radius 2 is 2.14 bits per heavy atom. The molecule has 0 aromatic carbocycles. The van der Waals surface area contributed by atoms with E-state index in [2.05, 4.69) is 24.1 Å². The maximum absolute atomic E-state index is 11.3. The van der Waals surface area contributed by atoms with Gasteiger partial charge in [0.15, 0.2) is 11.4 Å². The van der Waals surface area contributed by atoms with Crippen LogP contribution in [-0.4, -0.2) is 20.9 Å². The second kappa shape index (κ2) is 4.50. The lowest BCUT2D eigenvalue weighted by Crippen LogP contribution is -2.43. The van der Waals surface area contributed by atoms with Gasteiger partial charge in [-0.15, -0.1) is 0 Å². The molecule has 76 valence electrons. The van der Waals surface area contributed by atoms with E-state index in [-0.39, 0.29) is 5.82 Å². The molecule has 1 N–H and O–H groups in total. The van der Waals surface area contributed by atoms with Gasteiger partial charge in [-0.2, -0.15) is 0 Å². The molecule has 6 nitrogen and oxygen atoms in total. The Morgan fingerprint density at radius 1 is 1.57 bits per heavy atom. The van der Waals surface area contributed by atoms with Crippen LogP contribution in [-0.2, 0) is 14.6 Å². The minimum atomic E-state index is -1.40. The number of nitrogens with one attached hydrogen (secondary N) is 1. The molecule has 1 heterocycles. The molecule has 0 fully saturated rings. The number of carbonyl (C=O) groups is 1. The fourth-order valence-electron chi connectivity index (χ4n) is 0.747. The summed E-state index contributed by atoms with van der Waals surface area (Å²) in [5.74, 6) is -0.687. The highest BCUT2D eigenvalue weighted by Gasteiger charge is 2.39. The highest BCUT2D eigenvalue weighted by molar-refractivity contribution is 6.18. The largest absolute Gasteiger partial charge is 0.353 e. The number of nitrogens with zero attached hydrogens (tertiary/aromatic N) is 3. The SMILES string of the molecule is CC(NCl)(C(=O)OCl)c1ncncn1. The number of hydrogen-bond acceptors (Lipinski definition) is 6. The molecular formula is C6H6Cl2N4O2. The van der Waals surface area contributed by atoms with Crippen LogP contribution in [0.15, 0.2) is 12.7 Å². The van der Waals surface area contributed by atoms with Crippen molar-refractivity contribution in [3.63, 3.8) is 0 Å². The molecular weight excluding hydrogens is 231 g/mol. The number of hydrogen-bond donors (Lipinski definition) is 1. The van der Waals surface area contributed by atoms with Crippen molar-refractivity contribution in [2.75, 3.05) is 0 Å². The van der Waals surface area contributed by atoms with Gasteiger partial charge in [-0.25, -0.2) is 24.6 Å². The van der Waals surface area contributed by atoms with Crippen molar-refractivity contribution >= 4 is 29.6 Å². The standard InChI is InChI=1S/C6H6Cl2N4O2/c1-6(12-7,5(13)14-8)4-10-2-9-3-11-4/h2-3,12H,1H3. The zero-order valence-corrected chi connectivity index (χ0v) is 8.58. The van der Waals surface area contributed by atoms with Crippen molar-refractivity contribution in [3.8, 4) is 0 Å². The highest BCUT2D eigenvalue weighted by atomic mass is 35.5. The third-order valence-corrected chi connectivity index (χ3v) is 2.13. The van der Waals surface area contributed by atoms with Gasteiger partial charge in [0.1, 0.15) is 24.5 Å². The summed E-state index contributed by atoms with van der Waals surface area (Å²) in [7, 11) is 0. The molecule has 0 saturated carbocycles. The van der Waals surface area contributed by atoms with Gasteiger partial charge < -0.3 is 4.29 Å². The van der Waals surface area contributed by atoms with E-state index in [1.165, 1.54) is 19.6 Å². The first kappa shape index (κ1) is 11.1. The molecule has 1 atom stereocenters. The van der Waals surface area contributed by atoms with Crippen LogP contribution in [0.5, 0.6) is 0 Å². The van der Waals surface area contributed by atoms with Crippen LogP contribution in [0.4, 0.5) is 0 Å². The molecule has 0 spiro atoms. The third-order valence-electron chi connectivity index (χ3n) is 1.61. The number of rotatable bonds is 3. The molecule has 1 aromatic rings. The van der Waals surface area contributed by atoms with Gasteiger partial charge in [-0.3, -0.25) is 0 Å². The number of aromatic nitrogens is 3. The van der Waals surface area contributed by atoms with Gasteiger partial charge in [0.05, 0.1) is 0 Å². The maximum atomic E-state index is 11.3. The molecule has 0 aliphatic carbocycles. The first-order valence-electron chi connectivity index (χ1n) is 3.48. The highest BCUT2D eigenvalue weighted by Crippen LogP contribution is 2.19. The summed E-state index contributed by atoms with van der Waals surface area (Å²) in [6.07, 6.45) is 2.46. The maximum Gasteiger partial charge on any atom is 0.353 e. The predicted octanol–water partition coefficient (Wildman–Crippen LogP) is 0.527. The van der Waals surface area contributed by atoms with Crippen LogP contribution < -0.4 is 4.84 Å². The molecule has 0 bridgehead atoms. The van der Waals surface area contributed by atoms with E-state index >= 15 is 0 Å². The van der Waals surface area contributed by atoms with Crippen LogP contribution in [0.2, 0.25) is 0 Å². The summed E-state index contributed by atoms with van der Waals surface area (Å²) < 4.78 is 4.05. The molecule has 0 aliphatic rings. The zero-order chi connectivity index (χ0) is 10.6. The molecule has 0 radical (unpaired) electrons. The second-order valence-corrected chi connectivity index (χ2v) is 2.89. The Bertz CT molecular complexity index is 323. The van der Waals surface area contributed by atoms with Gasteiger partial charge >= 0.3 is 5.97 Å². The van der Waals surface area contributed by atoms with E-state index in [9.17, 15) is 4.79 Å². The molecule has 0 aliphatic heterocycles. The van der Waals surface area contributed by atoms with Crippen LogP contribution in [0.1, 0.15) is 12.7 Å². The van der Waals surface area contributed by atoms with Crippen LogP contribution >= 0.6 is 23.6 Å². The van der Waals surface area contributed by atoms with Crippen molar-refractivity contribution in [1.82, 2.24) is 19.8 Å². The summed E-state index contributed by atoms with van der Waals surface area (Å²) >= 11 is 10.4. The van der Waals surface area contributed by atoms with Gasteiger partial charge in [0, 0.05) is 0 Å². The van der Waals surface area contributed by atoms with E-state index in [1.807, 2.05) is 0 Å². The molecule has 1 unspecified atom stereocenters. The minimum absolute atomic E-state index is 0.119. The summed E-state index contributed by atoms with van der Waals surface area (Å²) in [6, 6.07) is 0. The van der Waals surface area contributed by atoms with Crippen molar-refractivity contribution in [1.29, 1.82) is 0 Å². The van der Waals surface area contributed by atoms with Crippen molar-refractivity contribution in [3.05, 3.63) is 18.5 Å². The smallest absolute Gasteiger partial charge is 0.345 e. The first-order chi connectivity index (χ1) is 6.65. The summed E-state index contributed by atoms with van der Waals surface area (Å²) in [4.78, 5) is 24.6. The van der Waals surface area contributed by atoms with Crippen molar-refractivity contribution in [2.45, 2.75) is 12.5 Å². The normalized spacial score (nSPS) is 14.5. The number of halogens is 2. The molecule has 0 amide bonds. The van der Waals surface area contributed by atoms with Gasteiger partial charge in [-0.05, 0) is 18.7 Å². The van der Waals surface area contributed by atoms with E-state index in [1.54, 1.807) is 0 Å². The Hall–Kier alpha value is -0.980. The predicted molar refractivity (Wildman–Crippen MR) is 48.1 cm³/mol. The molecule has 14 heavy (non-hydrogen) atoms. The lowest BCUT2D eigenvalue weighted by Gasteiger charge is -2.20. The lowest BCUT2D eigenvalue weighted by molar-refractivity contribution is -0.140. The quantitative estimate of drug-likeness (QED) is 0.772. The average Bonchev–Trinajstić information content (AvgIpc) is 2.28. The van der Waals surface area contributed by atoms with E-state index < -0.39 is 11.5 Å². The van der Waals surface area contributed by atoms with Gasteiger partial charge in [-0.1, -0.05) is 0 Å². The van der Waals surface area contributed by atoms with E-state index in [0.717, 1.165) is 0 Å². The number of carbonyl (C=O) groups excluding carboxylic acids is 1. The van der Waals surface area contributed by atoms with Crippen molar-refractivity contribution in [2.24, 2.45) is 0 Å². The fraction of sp³-hybridized carbons (Fsp3) is 0.333. The lowest BCUT2D eigenvalue weighted by atomic mass is 10.0. The van der Waals surface area contributed by atoms with E-state index in [4.69, 9.17) is 23.6 Å². The van der Waals surface area contributed by atoms with Gasteiger partial charge in [0.25, 0.3) is 0 Å². The Kier molecular flexibility index (Phi) is 3.56. The van der Waals surface area contributed by atoms with Crippen LogP contribution in [0.3, 0.4) is 0 Å². The van der Waals surface area contributed by atoms with Crippen LogP contribution in [0, 0.1) is 0 Å². The molecule has 1 rings (SSSR count). The Balaban J connectivity index is 3.08. The Morgan fingerprint density at radius 3 is 2.57 bits per heavy atom. The second-order valence-electron chi connectivity index (χ2n) is 2.55. The van der Waals surface area contributed by atoms with Crippen molar-refractivity contribution < 1.29 is 9.08 Å². The summed E-state index contributed by atoms with van der Waals surface area (Å²) in [6.45, 7) is 1.43. The minimum Gasteiger partial charge on any atom is -0.345 e. The monoisotopic (exact) mass is 236 g/mol. The Labute approximate surface area is 89.9 Å². The third kappa shape index (κ3) is 1.92. The molecule has 1 aromatic heterocycles. The van der Waals surface area contributed by atoms with Crippen LogP contribution in [0.25, 0.3) is 0 Å². The topological polar surface area (TPSA) is 77.0 Å². The van der Waals surface area contributed by atoms with Gasteiger partial charge in [0.2, 0.25) is 0 Å². The van der Waals surface area contributed by atoms with E-state index in [0.29, 0.717) is 0 Å². The average molecular weight is 237 g/mol. The zero-order valence-electron chi connectivity index (χ0n) is 7.07. The summed E-state index contributed by atoms with van der Waals surface area (Å²) in [5, 5.41) is 0. The fourth-order valence-corrected chi connectivity index (χ4v) is 1.06. The first-order valence-corrected chi connectivity index (χ1v) is 4.17. The summed E-state index contributed by atoms with van der Waals surface area (Å²) in [5.41, 5.74) is -1.40. The molecule has 8 heteroatoms. The molecule has 0 saturated heterocycles.